The van der Waals surface area contributed by atoms with Gasteiger partial charge in [-0.25, -0.2) is 5.43 Å². The Balaban J connectivity index is 2.84. The molecule has 0 aliphatic carbocycles. The van der Waals surface area contributed by atoms with Crippen LogP contribution in [-0.4, -0.2) is 24.6 Å². The lowest BCUT2D eigenvalue weighted by molar-refractivity contribution is -0.137. The molecule has 0 aliphatic heterocycles. The van der Waals surface area contributed by atoms with Crippen LogP contribution < -0.4 is 15.9 Å². The summed E-state index contributed by atoms with van der Waals surface area (Å²) in [5.41, 5.74) is 8.39. The van der Waals surface area contributed by atoms with E-state index in [0.29, 0.717) is 12.1 Å². The second-order valence-electron chi connectivity index (χ2n) is 3.45. The van der Waals surface area contributed by atoms with Crippen LogP contribution in [0.15, 0.2) is 29.4 Å². The number of nitrogens with one attached hydrogen (secondary N) is 1. The molecule has 0 atom stereocenters. The van der Waals surface area contributed by atoms with Crippen LogP contribution in [0.2, 0.25) is 0 Å². The Kier molecular flexibility index (Phi) is 4.86. The third-order valence-electron chi connectivity index (χ3n) is 2.27. The Hall–Kier alpha value is -2.37. The van der Waals surface area contributed by atoms with Crippen molar-refractivity contribution in [2.45, 2.75) is 13.3 Å². The highest BCUT2D eigenvalue weighted by molar-refractivity contribution is 6.34. The summed E-state index contributed by atoms with van der Waals surface area (Å²) in [6.07, 6.45) is 0.603. The van der Waals surface area contributed by atoms with Crippen LogP contribution in [-0.2, 0) is 9.59 Å². The Bertz CT molecular complexity index is 466. The smallest absolute Gasteiger partial charge is 0.329 e. The summed E-state index contributed by atoms with van der Waals surface area (Å²) in [6, 6.07) is 7.21. The predicted molar refractivity (Wildman–Crippen MR) is 67.2 cm³/mol. The van der Waals surface area contributed by atoms with Crippen LogP contribution in [0, 0.1) is 0 Å². The maximum atomic E-state index is 11.0. The maximum Gasteiger partial charge on any atom is 0.329 e. The molecule has 0 saturated carbocycles. The van der Waals surface area contributed by atoms with Gasteiger partial charge in [0.15, 0.2) is 0 Å². The molecular weight excluding hydrogens is 234 g/mol. The molecule has 3 N–H and O–H groups in total. The van der Waals surface area contributed by atoms with E-state index in [1.165, 1.54) is 0 Å². The number of hydrazone groups is 1. The zero-order chi connectivity index (χ0) is 13.5. The fourth-order valence-corrected chi connectivity index (χ4v) is 1.30. The van der Waals surface area contributed by atoms with Gasteiger partial charge in [0.05, 0.1) is 12.8 Å². The van der Waals surface area contributed by atoms with E-state index in [4.69, 9.17) is 10.5 Å². The average molecular weight is 249 g/mol. The number of nitrogens with two attached hydrogens (primary N) is 1. The van der Waals surface area contributed by atoms with Crippen molar-refractivity contribution in [1.29, 1.82) is 0 Å². The Morgan fingerprint density at radius 3 is 2.39 bits per heavy atom. The molecule has 0 aromatic heterocycles. The highest BCUT2D eigenvalue weighted by Crippen LogP contribution is 2.12. The first-order valence-corrected chi connectivity index (χ1v) is 5.39. The van der Waals surface area contributed by atoms with Gasteiger partial charge in [-0.15, -0.1) is 0 Å². The summed E-state index contributed by atoms with van der Waals surface area (Å²) in [6.45, 7) is 1.89. The molecule has 0 heterocycles. The van der Waals surface area contributed by atoms with Gasteiger partial charge in [0.1, 0.15) is 5.75 Å². The topological polar surface area (TPSA) is 93.8 Å². The number of rotatable bonds is 4. The van der Waals surface area contributed by atoms with Crippen LogP contribution in [0.25, 0.3) is 0 Å². The minimum Gasteiger partial charge on any atom is -0.497 e. The number of carbonyl (C=O) groups excluding carboxylic acids is 2. The third kappa shape index (κ3) is 3.58. The van der Waals surface area contributed by atoms with E-state index >= 15 is 0 Å². The van der Waals surface area contributed by atoms with Crippen molar-refractivity contribution in [3.63, 3.8) is 0 Å². The van der Waals surface area contributed by atoms with Gasteiger partial charge in [-0.2, -0.15) is 5.10 Å². The van der Waals surface area contributed by atoms with Gasteiger partial charge in [-0.3, -0.25) is 9.59 Å². The molecule has 18 heavy (non-hydrogen) atoms. The van der Waals surface area contributed by atoms with Crippen LogP contribution in [0.5, 0.6) is 5.75 Å². The van der Waals surface area contributed by atoms with E-state index in [9.17, 15) is 9.59 Å². The lowest BCUT2D eigenvalue weighted by atomic mass is 10.1. The summed E-state index contributed by atoms with van der Waals surface area (Å²) < 4.78 is 5.04. The Labute approximate surface area is 105 Å². The molecule has 1 aromatic rings. The average Bonchev–Trinajstić information content (AvgIpc) is 2.39. The number of hydrogen-bond donors (Lipinski definition) is 2. The maximum absolute atomic E-state index is 11.0. The molecule has 1 rings (SSSR count). The quantitative estimate of drug-likeness (QED) is 0.459. The Morgan fingerprint density at radius 2 is 1.94 bits per heavy atom. The largest absolute Gasteiger partial charge is 0.497 e. The first-order chi connectivity index (χ1) is 8.58. The van der Waals surface area contributed by atoms with Crippen molar-refractivity contribution >= 4 is 17.5 Å². The van der Waals surface area contributed by atoms with Gasteiger partial charge < -0.3 is 10.5 Å². The monoisotopic (exact) mass is 249 g/mol. The minimum atomic E-state index is -1.07. The molecule has 0 spiro atoms. The van der Waals surface area contributed by atoms with Crippen molar-refractivity contribution in [3.05, 3.63) is 29.8 Å². The molecule has 1 aromatic carbocycles. The number of nitrogens with zero attached hydrogens (tertiary/aromatic N) is 1. The first-order valence-electron chi connectivity index (χ1n) is 5.39. The van der Waals surface area contributed by atoms with E-state index in [1.807, 2.05) is 19.1 Å². The van der Waals surface area contributed by atoms with Crippen LogP contribution in [0.3, 0.4) is 0 Å². The fourth-order valence-electron chi connectivity index (χ4n) is 1.30. The molecule has 0 unspecified atom stereocenters. The lowest BCUT2D eigenvalue weighted by Gasteiger charge is -2.05. The van der Waals surface area contributed by atoms with Crippen molar-refractivity contribution in [2.24, 2.45) is 10.8 Å². The third-order valence-corrected chi connectivity index (χ3v) is 2.27. The zero-order valence-electron chi connectivity index (χ0n) is 10.3. The summed E-state index contributed by atoms with van der Waals surface area (Å²) in [7, 11) is 1.58. The summed E-state index contributed by atoms with van der Waals surface area (Å²) >= 11 is 0. The number of carbonyl (C=O) groups is 2. The van der Waals surface area contributed by atoms with Gasteiger partial charge in [-0.1, -0.05) is 6.92 Å². The molecule has 0 radical (unpaired) electrons. The number of amides is 2. The van der Waals surface area contributed by atoms with Gasteiger partial charge >= 0.3 is 11.8 Å². The predicted octanol–water partition coefficient (Wildman–Crippen LogP) is 0.411. The summed E-state index contributed by atoms with van der Waals surface area (Å²) in [5.74, 6) is -1.27. The van der Waals surface area contributed by atoms with E-state index in [2.05, 4.69) is 10.5 Å². The van der Waals surface area contributed by atoms with E-state index in [1.54, 1.807) is 19.2 Å². The van der Waals surface area contributed by atoms with E-state index < -0.39 is 11.8 Å². The van der Waals surface area contributed by atoms with Gasteiger partial charge in [0.2, 0.25) is 0 Å². The first kappa shape index (κ1) is 13.7. The summed E-state index contributed by atoms with van der Waals surface area (Å²) in [5, 5.41) is 3.86. The van der Waals surface area contributed by atoms with Crippen molar-refractivity contribution in [1.82, 2.24) is 5.43 Å². The number of primary amides is 1. The van der Waals surface area contributed by atoms with Gasteiger partial charge in [-0.05, 0) is 36.2 Å². The van der Waals surface area contributed by atoms with Crippen molar-refractivity contribution < 1.29 is 14.3 Å². The minimum absolute atomic E-state index is 0.603. The zero-order valence-corrected chi connectivity index (χ0v) is 10.3. The number of hydrogen-bond acceptors (Lipinski definition) is 4. The second kappa shape index (κ2) is 6.39. The van der Waals surface area contributed by atoms with Crippen molar-refractivity contribution in [2.75, 3.05) is 7.11 Å². The molecule has 0 aliphatic rings. The summed E-state index contributed by atoms with van der Waals surface area (Å²) in [4.78, 5) is 21.5. The number of ether oxygens (including phenoxy) is 1. The number of methoxy groups -OCH3 is 1. The van der Waals surface area contributed by atoms with Gasteiger partial charge in [0.25, 0.3) is 0 Å². The highest BCUT2D eigenvalue weighted by Gasteiger charge is 2.08. The molecule has 0 saturated heterocycles. The molecule has 96 valence electrons. The molecule has 0 bridgehead atoms. The normalized spacial score (nSPS) is 10.9. The van der Waals surface area contributed by atoms with E-state index in [-0.39, 0.29) is 0 Å². The lowest BCUT2D eigenvalue weighted by Crippen LogP contribution is -2.33. The van der Waals surface area contributed by atoms with Crippen LogP contribution >= 0.6 is 0 Å². The Morgan fingerprint density at radius 1 is 1.33 bits per heavy atom. The molecule has 6 nitrogen and oxygen atoms in total. The molecule has 2 amide bonds. The standard InChI is InChI=1S/C12H15N3O3/c1-3-10(14-15-12(17)11(13)16)8-4-6-9(18-2)7-5-8/h4-7H,3H2,1-2H3,(H2,13,16)(H,15,17). The highest BCUT2D eigenvalue weighted by atomic mass is 16.5. The molecule has 6 heteroatoms. The van der Waals surface area contributed by atoms with Crippen molar-refractivity contribution in [3.8, 4) is 5.75 Å². The fraction of sp³-hybridized carbons (Fsp3) is 0.250. The SMILES string of the molecule is CCC(=NNC(=O)C(N)=O)c1ccc(OC)cc1. The number of benzene rings is 1. The van der Waals surface area contributed by atoms with Crippen LogP contribution in [0.4, 0.5) is 0 Å². The second-order valence-corrected chi connectivity index (χ2v) is 3.45. The van der Waals surface area contributed by atoms with Crippen LogP contribution in [0.1, 0.15) is 18.9 Å². The molecule has 0 fully saturated rings. The van der Waals surface area contributed by atoms with E-state index in [0.717, 1.165) is 11.3 Å². The molecular formula is C12H15N3O3. The van der Waals surface area contributed by atoms with Gasteiger partial charge in [0, 0.05) is 0 Å².